The van der Waals surface area contributed by atoms with Gasteiger partial charge in [-0.3, -0.25) is 4.79 Å². The first-order valence-electron chi connectivity index (χ1n) is 7.55. The van der Waals surface area contributed by atoms with E-state index in [4.69, 9.17) is 0 Å². The van der Waals surface area contributed by atoms with Crippen LogP contribution in [-0.2, 0) is 11.2 Å². The molecular formula is C16H25N3O. The summed E-state index contributed by atoms with van der Waals surface area (Å²) in [5.41, 5.74) is 4.03. The lowest BCUT2D eigenvalue weighted by molar-refractivity contribution is -0.118. The summed E-state index contributed by atoms with van der Waals surface area (Å²) >= 11 is 0. The molecule has 0 bridgehead atoms. The Morgan fingerprint density at radius 1 is 1.40 bits per heavy atom. The topological polar surface area (TPSA) is 53.2 Å². The van der Waals surface area contributed by atoms with Crippen molar-refractivity contribution in [1.29, 1.82) is 0 Å². The summed E-state index contributed by atoms with van der Waals surface area (Å²) in [7, 11) is 0. The number of amides is 1. The second-order valence-corrected chi connectivity index (χ2v) is 5.33. The van der Waals surface area contributed by atoms with E-state index in [1.807, 2.05) is 0 Å². The molecule has 0 spiro atoms. The van der Waals surface area contributed by atoms with E-state index >= 15 is 0 Å². The van der Waals surface area contributed by atoms with Gasteiger partial charge in [0.25, 0.3) is 0 Å². The zero-order chi connectivity index (χ0) is 14.4. The predicted molar refractivity (Wildman–Crippen MR) is 83.0 cm³/mol. The first kappa shape index (κ1) is 14.9. The third kappa shape index (κ3) is 3.97. The third-order valence-corrected chi connectivity index (χ3v) is 3.77. The maximum absolute atomic E-state index is 10.8. The number of nitrogens with one attached hydrogen (secondary N) is 3. The first-order chi connectivity index (χ1) is 9.70. The van der Waals surface area contributed by atoms with E-state index in [1.54, 1.807) is 6.92 Å². The molecule has 3 N–H and O–H groups in total. The van der Waals surface area contributed by atoms with Gasteiger partial charge >= 0.3 is 0 Å². The molecule has 1 aliphatic heterocycles. The van der Waals surface area contributed by atoms with Crippen LogP contribution in [0.3, 0.4) is 0 Å². The molecule has 0 saturated heterocycles. The summed E-state index contributed by atoms with van der Waals surface area (Å²) in [6.45, 7) is 6.44. The molecule has 1 aromatic rings. The Bertz CT molecular complexity index is 459. The van der Waals surface area contributed by atoms with E-state index in [-0.39, 0.29) is 5.91 Å². The van der Waals surface area contributed by atoms with Crippen molar-refractivity contribution < 1.29 is 4.79 Å². The standard InChI is InChI=1S/C16H25N3O/c1-3-13-5-6-15-14(11-13)16(7-10-19-15)18-9-4-8-17-12(2)20/h5-6,11,16,18-19H,3-4,7-10H2,1-2H3,(H,17,20). The second kappa shape index (κ2) is 7.29. The van der Waals surface area contributed by atoms with Crippen LogP contribution in [0.4, 0.5) is 5.69 Å². The largest absolute Gasteiger partial charge is 0.385 e. The summed E-state index contributed by atoms with van der Waals surface area (Å²) in [5, 5.41) is 9.90. The molecule has 1 heterocycles. The highest BCUT2D eigenvalue weighted by Gasteiger charge is 2.19. The van der Waals surface area contributed by atoms with Gasteiger partial charge in [-0.05, 0) is 43.0 Å². The van der Waals surface area contributed by atoms with Crippen molar-refractivity contribution in [2.45, 2.75) is 39.2 Å². The van der Waals surface area contributed by atoms with Crippen molar-refractivity contribution in [2.75, 3.05) is 25.0 Å². The molecule has 1 atom stereocenters. The Balaban J connectivity index is 1.89. The lowest BCUT2D eigenvalue weighted by Crippen LogP contribution is -2.31. The van der Waals surface area contributed by atoms with Gasteiger partial charge in [0.05, 0.1) is 0 Å². The highest BCUT2D eigenvalue weighted by atomic mass is 16.1. The van der Waals surface area contributed by atoms with Gasteiger partial charge in [-0.25, -0.2) is 0 Å². The van der Waals surface area contributed by atoms with Crippen molar-refractivity contribution in [3.8, 4) is 0 Å². The molecule has 1 aromatic carbocycles. The van der Waals surface area contributed by atoms with Crippen LogP contribution in [0.1, 0.15) is 43.9 Å². The Morgan fingerprint density at radius 3 is 3.00 bits per heavy atom. The van der Waals surface area contributed by atoms with Crippen molar-refractivity contribution in [1.82, 2.24) is 10.6 Å². The minimum atomic E-state index is 0.0461. The van der Waals surface area contributed by atoms with E-state index in [0.29, 0.717) is 6.04 Å². The molecule has 4 heteroatoms. The Hall–Kier alpha value is -1.55. The molecule has 0 saturated carbocycles. The normalized spacial score (nSPS) is 17.2. The number of benzene rings is 1. The van der Waals surface area contributed by atoms with Crippen LogP contribution in [0.25, 0.3) is 0 Å². The summed E-state index contributed by atoms with van der Waals surface area (Å²) in [6.07, 6.45) is 3.15. The molecule has 0 aliphatic carbocycles. The maximum Gasteiger partial charge on any atom is 0.216 e. The monoisotopic (exact) mass is 275 g/mol. The van der Waals surface area contributed by atoms with Gasteiger partial charge in [-0.1, -0.05) is 19.1 Å². The number of anilines is 1. The zero-order valence-electron chi connectivity index (χ0n) is 12.5. The van der Waals surface area contributed by atoms with Crippen molar-refractivity contribution in [3.05, 3.63) is 29.3 Å². The zero-order valence-corrected chi connectivity index (χ0v) is 12.5. The molecule has 1 unspecified atom stereocenters. The lowest BCUT2D eigenvalue weighted by Gasteiger charge is -2.28. The van der Waals surface area contributed by atoms with Gasteiger partial charge in [0.15, 0.2) is 0 Å². The Kier molecular flexibility index (Phi) is 5.41. The predicted octanol–water partition coefficient (Wildman–Crippen LogP) is 2.22. The fraction of sp³-hybridized carbons (Fsp3) is 0.562. The average Bonchev–Trinajstić information content (AvgIpc) is 2.46. The smallest absolute Gasteiger partial charge is 0.216 e. The van der Waals surface area contributed by atoms with Crippen LogP contribution in [0.5, 0.6) is 0 Å². The SMILES string of the molecule is CCc1ccc2c(c1)C(NCCCNC(C)=O)CCN2. The van der Waals surface area contributed by atoms with E-state index in [1.165, 1.54) is 16.8 Å². The molecule has 2 rings (SSSR count). The number of hydrogen-bond donors (Lipinski definition) is 3. The molecule has 20 heavy (non-hydrogen) atoms. The average molecular weight is 275 g/mol. The number of carbonyl (C=O) groups is 1. The van der Waals surface area contributed by atoms with Gasteiger partial charge in [0, 0.05) is 31.7 Å². The van der Waals surface area contributed by atoms with Gasteiger partial charge in [0.2, 0.25) is 5.91 Å². The van der Waals surface area contributed by atoms with Gasteiger partial charge in [-0.15, -0.1) is 0 Å². The van der Waals surface area contributed by atoms with Crippen LogP contribution in [0.15, 0.2) is 18.2 Å². The van der Waals surface area contributed by atoms with E-state index in [9.17, 15) is 4.79 Å². The summed E-state index contributed by atoms with van der Waals surface area (Å²) in [4.78, 5) is 10.8. The first-order valence-corrected chi connectivity index (χ1v) is 7.55. The number of hydrogen-bond acceptors (Lipinski definition) is 3. The van der Waals surface area contributed by atoms with Crippen LogP contribution in [0, 0.1) is 0 Å². The molecule has 1 amide bonds. The molecule has 4 nitrogen and oxygen atoms in total. The molecule has 0 fully saturated rings. The van der Waals surface area contributed by atoms with E-state index in [0.717, 1.165) is 38.9 Å². The van der Waals surface area contributed by atoms with Crippen LogP contribution in [0.2, 0.25) is 0 Å². The van der Waals surface area contributed by atoms with Crippen molar-refractivity contribution in [2.24, 2.45) is 0 Å². The highest BCUT2D eigenvalue weighted by Crippen LogP contribution is 2.30. The Labute approximate surface area is 121 Å². The maximum atomic E-state index is 10.8. The molecule has 0 aromatic heterocycles. The van der Waals surface area contributed by atoms with Crippen LogP contribution < -0.4 is 16.0 Å². The van der Waals surface area contributed by atoms with Crippen molar-refractivity contribution >= 4 is 11.6 Å². The quantitative estimate of drug-likeness (QED) is 0.698. The fourth-order valence-electron chi connectivity index (χ4n) is 2.63. The molecule has 1 aliphatic rings. The third-order valence-electron chi connectivity index (χ3n) is 3.77. The number of fused-ring (bicyclic) bond motifs is 1. The van der Waals surface area contributed by atoms with Crippen molar-refractivity contribution in [3.63, 3.8) is 0 Å². The summed E-state index contributed by atoms with van der Waals surface area (Å²) in [5.74, 6) is 0.0461. The molecular weight excluding hydrogens is 250 g/mol. The minimum absolute atomic E-state index is 0.0461. The number of carbonyl (C=O) groups excluding carboxylic acids is 1. The van der Waals surface area contributed by atoms with Crippen LogP contribution in [-0.4, -0.2) is 25.5 Å². The fourth-order valence-corrected chi connectivity index (χ4v) is 2.63. The minimum Gasteiger partial charge on any atom is -0.385 e. The summed E-state index contributed by atoms with van der Waals surface area (Å²) < 4.78 is 0. The van der Waals surface area contributed by atoms with Crippen LogP contribution >= 0.6 is 0 Å². The highest BCUT2D eigenvalue weighted by molar-refractivity contribution is 5.72. The van der Waals surface area contributed by atoms with Gasteiger partial charge in [0.1, 0.15) is 0 Å². The number of rotatable bonds is 6. The van der Waals surface area contributed by atoms with E-state index in [2.05, 4.69) is 41.1 Å². The van der Waals surface area contributed by atoms with Gasteiger partial charge in [-0.2, -0.15) is 0 Å². The summed E-state index contributed by atoms with van der Waals surface area (Å²) in [6, 6.07) is 7.13. The number of aryl methyl sites for hydroxylation is 1. The Morgan fingerprint density at radius 2 is 2.25 bits per heavy atom. The molecule has 110 valence electrons. The lowest BCUT2D eigenvalue weighted by atomic mass is 9.95. The van der Waals surface area contributed by atoms with E-state index < -0.39 is 0 Å². The molecule has 0 radical (unpaired) electrons. The second-order valence-electron chi connectivity index (χ2n) is 5.33. The van der Waals surface area contributed by atoms with Gasteiger partial charge < -0.3 is 16.0 Å².